The zero-order valence-corrected chi connectivity index (χ0v) is 15.6. The summed E-state index contributed by atoms with van der Waals surface area (Å²) in [7, 11) is 0. The van der Waals surface area contributed by atoms with Crippen LogP contribution in [0.15, 0.2) is 18.2 Å². The van der Waals surface area contributed by atoms with Crippen molar-refractivity contribution < 1.29 is 9.18 Å². The van der Waals surface area contributed by atoms with E-state index in [1.54, 1.807) is 11.0 Å². The summed E-state index contributed by atoms with van der Waals surface area (Å²) in [4.78, 5) is 24.2. The lowest BCUT2D eigenvalue weighted by Crippen LogP contribution is -2.43. The summed E-state index contributed by atoms with van der Waals surface area (Å²) in [6, 6.07) is 4.49. The van der Waals surface area contributed by atoms with Crippen LogP contribution in [0, 0.1) is 11.7 Å². The fourth-order valence-corrected chi connectivity index (χ4v) is 3.51. The molecule has 0 aliphatic carbocycles. The molecule has 6 nitrogen and oxygen atoms in total. The third-order valence-corrected chi connectivity index (χ3v) is 5.14. The van der Waals surface area contributed by atoms with Crippen molar-refractivity contribution in [3.63, 3.8) is 0 Å². The summed E-state index contributed by atoms with van der Waals surface area (Å²) < 4.78 is 13.3. The van der Waals surface area contributed by atoms with E-state index in [2.05, 4.69) is 27.1 Å². The first-order valence-corrected chi connectivity index (χ1v) is 9.48. The second kappa shape index (κ2) is 8.49. The van der Waals surface area contributed by atoms with Crippen LogP contribution in [0.2, 0.25) is 0 Å². The number of urea groups is 1. The normalized spacial score (nSPS) is 17.7. The van der Waals surface area contributed by atoms with Gasteiger partial charge < -0.3 is 20.1 Å². The fourth-order valence-electron chi connectivity index (χ4n) is 3.51. The molecule has 2 N–H and O–H groups in total. The maximum absolute atomic E-state index is 13.3. The van der Waals surface area contributed by atoms with Crippen LogP contribution in [0.25, 0.3) is 11.0 Å². The Morgan fingerprint density at radius 1 is 1.46 bits per heavy atom. The van der Waals surface area contributed by atoms with Crippen LogP contribution in [-0.2, 0) is 6.42 Å². The van der Waals surface area contributed by atoms with Gasteiger partial charge >= 0.3 is 6.03 Å². The lowest BCUT2D eigenvalue weighted by molar-refractivity contribution is 0.199. The van der Waals surface area contributed by atoms with Crippen LogP contribution < -0.4 is 5.32 Å². The molecular formula is C19H28FN5O. The Morgan fingerprint density at radius 2 is 2.31 bits per heavy atom. The summed E-state index contributed by atoms with van der Waals surface area (Å²) in [5.41, 5.74) is 1.44. The molecule has 1 atom stereocenters. The Kier molecular flexibility index (Phi) is 6.08. The van der Waals surface area contributed by atoms with E-state index in [1.165, 1.54) is 12.1 Å². The van der Waals surface area contributed by atoms with Crippen molar-refractivity contribution >= 4 is 17.1 Å². The zero-order valence-electron chi connectivity index (χ0n) is 15.6. The summed E-state index contributed by atoms with van der Waals surface area (Å²) in [5, 5.41) is 3.07. The quantitative estimate of drug-likeness (QED) is 0.797. The molecule has 0 radical (unpaired) electrons. The van der Waals surface area contributed by atoms with Crippen molar-refractivity contribution in [3.8, 4) is 0 Å². The van der Waals surface area contributed by atoms with Crippen LogP contribution in [-0.4, -0.2) is 65.1 Å². The molecule has 2 amide bonds. The highest BCUT2D eigenvalue weighted by Gasteiger charge is 2.22. The first-order chi connectivity index (χ1) is 12.6. The molecule has 1 aromatic heterocycles. The molecule has 0 unspecified atom stereocenters. The third kappa shape index (κ3) is 4.52. The van der Waals surface area contributed by atoms with Crippen molar-refractivity contribution in [1.29, 1.82) is 0 Å². The van der Waals surface area contributed by atoms with Gasteiger partial charge in [0.05, 0.1) is 11.0 Å². The van der Waals surface area contributed by atoms with E-state index in [1.807, 2.05) is 6.92 Å². The number of halogens is 1. The van der Waals surface area contributed by atoms with Gasteiger partial charge in [-0.25, -0.2) is 14.2 Å². The van der Waals surface area contributed by atoms with Gasteiger partial charge in [0.1, 0.15) is 11.6 Å². The highest BCUT2D eigenvalue weighted by molar-refractivity contribution is 5.75. The van der Waals surface area contributed by atoms with E-state index < -0.39 is 0 Å². The van der Waals surface area contributed by atoms with E-state index in [-0.39, 0.29) is 11.8 Å². The average Bonchev–Trinajstić information content (AvgIpc) is 3.26. The molecule has 7 heteroatoms. The standard InChI is InChI=1S/C19H28FN5O/c1-3-24-9-7-14(13-24)12-21-19(26)25(4-2)10-8-18-22-16-6-5-15(20)11-17(16)23-18/h5-6,11,14H,3-4,7-10,12-13H2,1-2H3,(H,21,26)(H,22,23)/t14-/m0/s1. The molecular weight excluding hydrogens is 333 g/mol. The van der Waals surface area contributed by atoms with Crippen LogP contribution in [0.4, 0.5) is 9.18 Å². The van der Waals surface area contributed by atoms with Crippen LogP contribution in [0.1, 0.15) is 26.1 Å². The summed E-state index contributed by atoms with van der Waals surface area (Å²) in [6.45, 7) is 9.37. The molecule has 1 fully saturated rings. The molecule has 1 aliphatic heterocycles. The molecule has 142 valence electrons. The number of fused-ring (bicyclic) bond motifs is 1. The lowest BCUT2D eigenvalue weighted by Gasteiger charge is -2.22. The highest BCUT2D eigenvalue weighted by Crippen LogP contribution is 2.15. The number of likely N-dealkylation sites (tertiary alicyclic amines) is 1. The molecule has 1 aromatic carbocycles. The second-order valence-electron chi connectivity index (χ2n) is 6.91. The molecule has 2 heterocycles. The smallest absolute Gasteiger partial charge is 0.317 e. The van der Waals surface area contributed by atoms with E-state index in [0.29, 0.717) is 30.9 Å². The van der Waals surface area contributed by atoms with Gasteiger partial charge in [0, 0.05) is 32.6 Å². The largest absolute Gasteiger partial charge is 0.342 e. The number of hydrogen-bond donors (Lipinski definition) is 2. The van der Waals surface area contributed by atoms with Crippen LogP contribution in [0.3, 0.4) is 0 Å². The van der Waals surface area contributed by atoms with Crippen LogP contribution >= 0.6 is 0 Å². The van der Waals surface area contributed by atoms with Gasteiger partial charge in [0.25, 0.3) is 0 Å². The van der Waals surface area contributed by atoms with E-state index in [9.17, 15) is 9.18 Å². The first kappa shape index (κ1) is 18.6. The van der Waals surface area contributed by atoms with Gasteiger partial charge in [-0.15, -0.1) is 0 Å². The first-order valence-electron chi connectivity index (χ1n) is 9.48. The van der Waals surface area contributed by atoms with Gasteiger partial charge in [0.2, 0.25) is 0 Å². The van der Waals surface area contributed by atoms with Crippen molar-refractivity contribution in [1.82, 2.24) is 25.1 Å². The number of benzene rings is 1. The van der Waals surface area contributed by atoms with Crippen molar-refractivity contribution in [3.05, 3.63) is 29.8 Å². The van der Waals surface area contributed by atoms with Crippen molar-refractivity contribution in [2.75, 3.05) is 39.3 Å². The topological polar surface area (TPSA) is 64.3 Å². The molecule has 3 rings (SSSR count). The molecule has 2 aromatic rings. The summed E-state index contributed by atoms with van der Waals surface area (Å²) in [5.74, 6) is 1.03. The van der Waals surface area contributed by atoms with Crippen LogP contribution in [0.5, 0.6) is 0 Å². The number of aromatic amines is 1. The summed E-state index contributed by atoms with van der Waals surface area (Å²) >= 11 is 0. The predicted molar refractivity (Wildman–Crippen MR) is 101 cm³/mol. The summed E-state index contributed by atoms with van der Waals surface area (Å²) in [6.07, 6.45) is 1.76. The van der Waals surface area contributed by atoms with Gasteiger partial charge in [-0.05, 0) is 50.6 Å². The molecule has 1 aliphatic rings. The maximum Gasteiger partial charge on any atom is 0.317 e. The molecule has 0 saturated carbocycles. The number of carbonyl (C=O) groups is 1. The predicted octanol–water partition coefficient (Wildman–Crippen LogP) is 2.62. The molecule has 0 spiro atoms. The minimum Gasteiger partial charge on any atom is -0.342 e. The van der Waals surface area contributed by atoms with E-state index >= 15 is 0 Å². The Bertz CT molecular complexity index is 747. The number of nitrogens with one attached hydrogen (secondary N) is 2. The number of likely N-dealkylation sites (N-methyl/N-ethyl adjacent to an activating group) is 1. The minimum absolute atomic E-state index is 0.0235. The van der Waals surface area contributed by atoms with E-state index in [4.69, 9.17) is 0 Å². The number of hydrogen-bond acceptors (Lipinski definition) is 3. The van der Waals surface area contributed by atoms with Crippen molar-refractivity contribution in [2.45, 2.75) is 26.7 Å². The molecule has 1 saturated heterocycles. The highest BCUT2D eigenvalue weighted by atomic mass is 19.1. The Labute approximate surface area is 153 Å². The van der Waals surface area contributed by atoms with Gasteiger partial charge in [-0.3, -0.25) is 0 Å². The number of H-pyrrole nitrogens is 1. The number of rotatable bonds is 7. The Balaban J connectivity index is 1.49. The second-order valence-corrected chi connectivity index (χ2v) is 6.91. The minimum atomic E-state index is -0.282. The SMILES string of the molecule is CCN1CC[C@@H](CNC(=O)N(CC)CCc2nc3ccc(F)cc3[nH]2)C1. The number of amides is 2. The lowest BCUT2D eigenvalue weighted by atomic mass is 10.1. The number of nitrogens with zero attached hydrogens (tertiary/aromatic N) is 3. The van der Waals surface area contributed by atoms with Gasteiger partial charge in [-0.1, -0.05) is 6.92 Å². The van der Waals surface area contributed by atoms with Gasteiger partial charge in [0.15, 0.2) is 0 Å². The Morgan fingerprint density at radius 3 is 3.04 bits per heavy atom. The molecule has 26 heavy (non-hydrogen) atoms. The fraction of sp³-hybridized carbons (Fsp3) is 0.579. The third-order valence-electron chi connectivity index (χ3n) is 5.14. The van der Waals surface area contributed by atoms with E-state index in [0.717, 1.165) is 43.9 Å². The number of carbonyl (C=O) groups excluding carboxylic acids is 1. The number of imidazole rings is 1. The van der Waals surface area contributed by atoms with Crippen molar-refractivity contribution in [2.24, 2.45) is 5.92 Å². The monoisotopic (exact) mass is 361 g/mol. The zero-order chi connectivity index (χ0) is 18.5. The average molecular weight is 361 g/mol. The molecule has 0 bridgehead atoms. The Hall–Kier alpha value is -2.15. The van der Waals surface area contributed by atoms with Gasteiger partial charge in [-0.2, -0.15) is 0 Å². The number of aromatic nitrogens is 2. The maximum atomic E-state index is 13.3.